The lowest BCUT2D eigenvalue weighted by Crippen LogP contribution is -2.30. The molecule has 0 saturated heterocycles. The Kier molecular flexibility index (Phi) is 5.67. The largest absolute Gasteiger partial charge is 0.456 e. The molecular formula is C20H19F2N3O3. The van der Waals surface area contributed by atoms with Gasteiger partial charge in [-0.2, -0.15) is 8.78 Å². The van der Waals surface area contributed by atoms with Gasteiger partial charge in [0.25, 0.3) is 5.91 Å². The van der Waals surface area contributed by atoms with Crippen molar-refractivity contribution >= 4 is 22.9 Å². The Morgan fingerprint density at radius 2 is 1.89 bits per heavy atom. The number of aryl methyl sites for hydroxylation is 2. The zero-order chi connectivity index (χ0) is 20.3. The second-order valence-corrected chi connectivity index (χ2v) is 6.31. The van der Waals surface area contributed by atoms with Gasteiger partial charge in [-0.3, -0.25) is 14.2 Å². The quantitative estimate of drug-likeness (QED) is 0.657. The molecule has 1 aromatic heterocycles. The minimum absolute atomic E-state index is 0.0648. The van der Waals surface area contributed by atoms with Crippen LogP contribution in [-0.4, -0.2) is 28.0 Å². The van der Waals surface area contributed by atoms with Gasteiger partial charge in [0.15, 0.2) is 5.82 Å². The van der Waals surface area contributed by atoms with Gasteiger partial charge in [0.1, 0.15) is 13.2 Å². The molecule has 3 rings (SSSR count). The number of imidazole rings is 1. The molecule has 2 aromatic carbocycles. The van der Waals surface area contributed by atoms with Crippen molar-refractivity contribution in [3.8, 4) is 0 Å². The first-order valence-corrected chi connectivity index (χ1v) is 8.62. The lowest BCUT2D eigenvalue weighted by atomic mass is 10.1. The molecule has 0 unspecified atom stereocenters. The number of para-hydroxylation sites is 2. The maximum atomic E-state index is 13.3. The summed E-state index contributed by atoms with van der Waals surface area (Å²) in [7, 11) is 0. The van der Waals surface area contributed by atoms with E-state index in [1.165, 1.54) is 6.07 Å². The predicted octanol–water partition coefficient (Wildman–Crippen LogP) is 3.52. The molecule has 0 bridgehead atoms. The smallest absolute Gasteiger partial charge is 0.325 e. The Hall–Kier alpha value is -3.29. The molecular weight excluding hydrogens is 368 g/mol. The van der Waals surface area contributed by atoms with E-state index in [1.807, 2.05) is 19.9 Å². The van der Waals surface area contributed by atoms with Gasteiger partial charge in [-0.05, 0) is 49.2 Å². The number of aromatic nitrogens is 2. The molecule has 0 aliphatic carbocycles. The average molecular weight is 387 g/mol. The Balaban J connectivity index is 1.60. The molecule has 146 valence electrons. The number of nitrogens with zero attached hydrogens (tertiary/aromatic N) is 2. The van der Waals surface area contributed by atoms with Crippen LogP contribution in [0.4, 0.5) is 8.78 Å². The van der Waals surface area contributed by atoms with Gasteiger partial charge >= 0.3 is 12.5 Å². The van der Waals surface area contributed by atoms with Gasteiger partial charge in [-0.25, -0.2) is 4.98 Å². The predicted molar refractivity (Wildman–Crippen MR) is 99.0 cm³/mol. The molecule has 0 fully saturated rings. The summed E-state index contributed by atoms with van der Waals surface area (Å²) >= 11 is 0. The highest BCUT2D eigenvalue weighted by Crippen LogP contribution is 2.23. The summed E-state index contributed by atoms with van der Waals surface area (Å²) in [6.07, 6.45) is 0. The fourth-order valence-electron chi connectivity index (χ4n) is 2.75. The van der Waals surface area contributed by atoms with Crippen molar-refractivity contribution in [2.75, 3.05) is 6.54 Å². The van der Waals surface area contributed by atoms with Crippen LogP contribution in [0.5, 0.6) is 0 Å². The number of carbonyl (C=O) groups is 2. The highest BCUT2D eigenvalue weighted by molar-refractivity contribution is 5.96. The minimum Gasteiger partial charge on any atom is -0.456 e. The zero-order valence-corrected chi connectivity index (χ0v) is 15.4. The first-order valence-electron chi connectivity index (χ1n) is 8.62. The lowest BCUT2D eigenvalue weighted by molar-refractivity contribution is -0.144. The summed E-state index contributed by atoms with van der Waals surface area (Å²) in [6, 6.07) is 11.6. The molecule has 1 heterocycles. The molecule has 3 aromatic rings. The molecule has 1 amide bonds. The van der Waals surface area contributed by atoms with Crippen LogP contribution in [-0.2, 0) is 16.1 Å². The number of halogens is 2. The van der Waals surface area contributed by atoms with E-state index in [-0.39, 0.29) is 17.9 Å². The number of fused-ring (bicyclic) bond motifs is 1. The molecule has 0 aliphatic rings. The highest BCUT2D eigenvalue weighted by atomic mass is 19.3. The van der Waals surface area contributed by atoms with Gasteiger partial charge in [0, 0.05) is 5.56 Å². The van der Waals surface area contributed by atoms with Crippen LogP contribution in [0, 0.1) is 13.8 Å². The summed E-state index contributed by atoms with van der Waals surface area (Å²) < 4.78 is 32.4. The molecule has 0 aliphatic heterocycles. The third-order valence-corrected chi connectivity index (χ3v) is 4.39. The van der Waals surface area contributed by atoms with Gasteiger partial charge in [0.05, 0.1) is 11.0 Å². The van der Waals surface area contributed by atoms with Gasteiger partial charge < -0.3 is 10.1 Å². The molecule has 1 N–H and O–H groups in total. The standard InChI is InChI=1S/C20H19F2N3O3/c1-12-7-8-14(9-13(12)2)19(27)23-10-18(26)28-11-17-24-15-5-3-4-6-16(15)25(17)20(21)22/h3-9,20H,10-11H2,1-2H3,(H,23,27). The van der Waals surface area contributed by atoms with Crippen molar-refractivity contribution in [3.05, 3.63) is 65.0 Å². The lowest BCUT2D eigenvalue weighted by Gasteiger charge is -2.09. The maximum Gasteiger partial charge on any atom is 0.325 e. The fourth-order valence-corrected chi connectivity index (χ4v) is 2.75. The number of carbonyl (C=O) groups excluding carboxylic acids is 2. The minimum atomic E-state index is -2.81. The molecule has 0 saturated carbocycles. The van der Waals surface area contributed by atoms with E-state index in [0.29, 0.717) is 11.1 Å². The number of amides is 1. The van der Waals surface area contributed by atoms with Gasteiger partial charge in [-0.15, -0.1) is 0 Å². The van der Waals surface area contributed by atoms with Crippen molar-refractivity contribution < 1.29 is 23.1 Å². The van der Waals surface area contributed by atoms with Crippen LogP contribution >= 0.6 is 0 Å². The van der Waals surface area contributed by atoms with Crippen molar-refractivity contribution in [1.82, 2.24) is 14.9 Å². The highest BCUT2D eigenvalue weighted by Gasteiger charge is 2.19. The Labute approximate surface area is 160 Å². The number of nitrogens with one attached hydrogen (secondary N) is 1. The van der Waals surface area contributed by atoms with Crippen LogP contribution in [0.3, 0.4) is 0 Å². The maximum absolute atomic E-state index is 13.3. The summed E-state index contributed by atoms with van der Waals surface area (Å²) in [5.74, 6) is -1.23. The number of ether oxygens (including phenoxy) is 1. The van der Waals surface area contributed by atoms with Crippen LogP contribution in [0.15, 0.2) is 42.5 Å². The summed E-state index contributed by atoms with van der Waals surface area (Å²) in [5.41, 5.74) is 3.08. The molecule has 0 spiro atoms. The van der Waals surface area contributed by atoms with E-state index in [4.69, 9.17) is 4.74 Å². The third kappa shape index (κ3) is 4.16. The Morgan fingerprint density at radius 1 is 1.14 bits per heavy atom. The summed E-state index contributed by atoms with van der Waals surface area (Å²) in [6.45, 7) is 0.208. The Morgan fingerprint density at radius 3 is 2.61 bits per heavy atom. The van der Waals surface area contributed by atoms with Crippen LogP contribution < -0.4 is 5.32 Å². The number of rotatable bonds is 6. The number of benzene rings is 2. The van der Waals surface area contributed by atoms with E-state index < -0.39 is 25.0 Å². The normalized spacial score (nSPS) is 11.0. The van der Waals surface area contributed by atoms with E-state index in [9.17, 15) is 18.4 Å². The van der Waals surface area contributed by atoms with Gasteiger partial charge in [0.2, 0.25) is 0 Å². The third-order valence-electron chi connectivity index (χ3n) is 4.39. The second kappa shape index (κ2) is 8.16. The summed E-state index contributed by atoms with van der Waals surface area (Å²) in [4.78, 5) is 28.1. The molecule has 0 radical (unpaired) electrons. The molecule has 0 atom stereocenters. The van der Waals surface area contributed by atoms with E-state index in [1.54, 1.807) is 30.3 Å². The first kappa shape index (κ1) is 19.5. The topological polar surface area (TPSA) is 73.2 Å². The number of hydrogen-bond acceptors (Lipinski definition) is 4. The number of hydrogen-bond donors (Lipinski definition) is 1. The van der Waals surface area contributed by atoms with Crippen molar-refractivity contribution in [2.24, 2.45) is 0 Å². The summed E-state index contributed by atoms with van der Waals surface area (Å²) in [5, 5.41) is 2.46. The van der Waals surface area contributed by atoms with Crippen molar-refractivity contribution in [1.29, 1.82) is 0 Å². The first-order chi connectivity index (χ1) is 13.4. The van der Waals surface area contributed by atoms with Crippen LogP contribution in [0.2, 0.25) is 0 Å². The number of esters is 1. The average Bonchev–Trinajstić information content (AvgIpc) is 3.05. The van der Waals surface area contributed by atoms with Crippen LogP contribution in [0.1, 0.15) is 33.9 Å². The van der Waals surface area contributed by atoms with Gasteiger partial charge in [-0.1, -0.05) is 18.2 Å². The molecule has 6 nitrogen and oxygen atoms in total. The van der Waals surface area contributed by atoms with E-state index in [0.717, 1.165) is 15.7 Å². The van der Waals surface area contributed by atoms with Crippen molar-refractivity contribution in [2.45, 2.75) is 27.0 Å². The SMILES string of the molecule is Cc1ccc(C(=O)NCC(=O)OCc2nc3ccccc3n2C(F)F)cc1C. The molecule has 8 heteroatoms. The number of alkyl halides is 2. The van der Waals surface area contributed by atoms with Crippen molar-refractivity contribution in [3.63, 3.8) is 0 Å². The van der Waals surface area contributed by atoms with Crippen LogP contribution in [0.25, 0.3) is 11.0 Å². The fraction of sp³-hybridized carbons (Fsp3) is 0.250. The zero-order valence-electron chi connectivity index (χ0n) is 15.4. The van der Waals surface area contributed by atoms with E-state index in [2.05, 4.69) is 10.3 Å². The van der Waals surface area contributed by atoms with E-state index >= 15 is 0 Å². The second-order valence-electron chi connectivity index (χ2n) is 6.31. The molecule has 28 heavy (non-hydrogen) atoms. The monoisotopic (exact) mass is 387 g/mol. The Bertz CT molecular complexity index is 1030.